The van der Waals surface area contributed by atoms with Gasteiger partial charge in [0.05, 0.1) is 22.2 Å². The van der Waals surface area contributed by atoms with E-state index >= 15 is 0 Å². The van der Waals surface area contributed by atoms with Crippen molar-refractivity contribution in [2.75, 3.05) is 37.0 Å². The number of anilines is 2. The summed E-state index contributed by atoms with van der Waals surface area (Å²) in [5.74, 6) is -1.45. The number of nitrogens with zero attached hydrogens (tertiary/aromatic N) is 4. The standard InChI is InChI=1S/C19H18N4O5/c1-21(2)17-9-8-15(23(26)27)12-16(17)19(25)28-13-18(24)22(11-10-20)14-6-4-3-5-7-14/h3-9,12H,11,13H2,1-2H3. The van der Waals surface area contributed by atoms with Gasteiger partial charge in [-0.2, -0.15) is 5.26 Å². The Hall–Kier alpha value is -3.93. The number of hydrogen-bond donors (Lipinski definition) is 0. The predicted octanol–water partition coefficient (Wildman–Crippen LogP) is 2.37. The largest absolute Gasteiger partial charge is 0.452 e. The lowest BCUT2D eigenvalue weighted by Crippen LogP contribution is -2.35. The first-order valence-electron chi connectivity index (χ1n) is 8.20. The van der Waals surface area contributed by atoms with Crippen molar-refractivity contribution in [2.45, 2.75) is 0 Å². The number of para-hydroxylation sites is 1. The molecule has 0 saturated heterocycles. The van der Waals surface area contributed by atoms with Gasteiger partial charge in [-0.1, -0.05) is 18.2 Å². The molecule has 9 heteroatoms. The molecule has 0 atom stereocenters. The van der Waals surface area contributed by atoms with Crippen molar-refractivity contribution in [3.8, 4) is 6.07 Å². The van der Waals surface area contributed by atoms with Crippen LogP contribution in [-0.2, 0) is 9.53 Å². The number of esters is 1. The van der Waals surface area contributed by atoms with Crippen molar-refractivity contribution < 1.29 is 19.2 Å². The number of nitro benzene ring substituents is 1. The predicted molar refractivity (Wildman–Crippen MR) is 102 cm³/mol. The second-order valence-corrected chi connectivity index (χ2v) is 5.90. The molecule has 0 heterocycles. The van der Waals surface area contributed by atoms with E-state index in [-0.39, 0.29) is 17.8 Å². The second kappa shape index (κ2) is 9.14. The second-order valence-electron chi connectivity index (χ2n) is 5.90. The van der Waals surface area contributed by atoms with Gasteiger partial charge in [-0.05, 0) is 18.2 Å². The highest BCUT2D eigenvalue weighted by atomic mass is 16.6. The van der Waals surface area contributed by atoms with Crippen LogP contribution < -0.4 is 9.80 Å². The molecule has 2 rings (SSSR count). The highest BCUT2D eigenvalue weighted by molar-refractivity contribution is 6.00. The summed E-state index contributed by atoms with van der Waals surface area (Å²) >= 11 is 0. The molecule has 0 saturated carbocycles. The molecule has 0 radical (unpaired) electrons. The third-order valence-corrected chi connectivity index (χ3v) is 3.82. The average Bonchev–Trinajstić information content (AvgIpc) is 2.69. The maximum atomic E-state index is 12.5. The number of nitro groups is 1. The molecule has 0 spiro atoms. The van der Waals surface area contributed by atoms with Gasteiger partial charge in [0.1, 0.15) is 6.54 Å². The zero-order chi connectivity index (χ0) is 20.7. The number of rotatable bonds is 7. The van der Waals surface area contributed by atoms with Gasteiger partial charge >= 0.3 is 5.97 Å². The first-order valence-corrected chi connectivity index (χ1v) is 8.20. The molecule has 144 valence electrons. The third kappa shape index (κ3) is 4.82. The minimum atomic E-state index is -0.870. The molecule has 28 heavy (non-hydrogen) atoms. The molecule has 0 fully saturated rings. The zero-order valence-corrected chi connectivity index (χ0v) is 15.4. The third-order valence-electron chi connectivity index (χ3n) is 3.82. The Bertz CT molecular complexity index is 922. The summed E-state index contributed by atoms with van der Waals surface area (Å²) in [4.78, 5) is 38.1. The van der Waals surface area contributed by atoms with Crippen molar-refractivity contribution in [1.82, 2.24) is 0 Å². The molecular weight excluding hydrogens is 364 g/mol. The minimum Gasteiger partial charge on any atom is -0.452 e. The van der Waals surface area contributed by atoms with Gasteiger partial charge in [-0.25, -0.2) is 4.79 Å². The van der Waals surface area contributed by atoms with Gasteiger partial charge in [-0.3, -0.25) is 19.8 Å². The molecular formula is C19H18N4O5. The van der Waals surface area contributed by atoms with Crippen LogP contribution in [0.25, 0.3) is 0 Å². The number of carbonyl (C=O) groups excluding carboxylic acids is 2. The van der Waals surface area contributed by atoms with Gasteiger partial charge in [0, 0.05) is 31.9 Å². The first-order chi connectivity index (χ1) is 13.3. The fourth-order valence-electron chi connectivity index (χ4n) is 2.48. The quantitative estimate of drug-likeness (QED) is 0.312. The topological polar surface area (TPSA) is 117 Å². The molecule has 0 aromatic heterocycles. The molecule has 1 amide bonds. The maximum absolute atomic E-state index is 12.5. The van der Waals surface area contributed by atoms with Gasteiger partial charge in [0.15, 0.2) is 6.61 Å². The Morgan fingerprint density at radius 2 is 1.86 bits per heavy atom. The van der Waals surface area contributed by atoms with Crippen LogP contribution in [0.15, 0.2) is 48.5 Å². The van der Waals surface area contributed by atoms with Crippen LogP contribution in [-0.4, -0.2) is 44.0 Å². The number of carbonyl (C=O) groups is 2. The van der Waals surface area contributed by atoms with Crippen LogP contribution >= 0.6 is 0 Å². The average molecular weight is 382 g/mol. The van der Waals surface area contributed by atoms with Crippen LogP contribution in [0.5, 0.6) is 0 Å². The van der Waals surface area contributed by atoms with Gasteiger partial charge in [-0.15, -0.1) is 0 Å². The molecule has 2 aromatic rings. The summed E-state index contributed by atoms with van der Waals surface area (Å²) in [5.41, 5.74) is 0.618. The molecule has 0 unspecified atom stereocenters. The summed E-state index contributed by atoms with van der Waals surface area (Å²) in [5, 5.41) is 20.0. The molecule has 0 N–H and O–H groups in total. The van der Waals surface area contributed by atoms with Crippen LogP contribution in [0.2, 0.25) is 0 Å². The molecule has 0 bridgehead atoms. The number of amides is 1. The SMILES string of the molecule is CN(C)c1ccc([N+](=O)[O-])cc1C(=O)OCC(=O)N(CC#N)c1ccccc1. The van der Waals surface area contributed by atoms with E-state index < -0.39 is 23.4 Å². The molecule has 0 aliphatic carbocycles. The molecule has 0 aliphatic rings. The summed E-state index contributed by atoms with van der Waals surface area (Å²) < 4.78 is 5.08. The molecule has 9 nitrogen and oxygen atoms in total. The lowest BCUT2D eigenvalue weighted by atomic mass is 10.1. The minimum absolute atomic E-state index is 0.0291. The summed E-state index contributed by atoms with van der Waals surface area (Å²) in [6.45, 7) is -0.814. The highest BCUT2D eigenvalue weighted by Crippen LogP contribution is 2.25. The lowest BCUT2D eigenvalue weighted by Gasteiger charge is -2.20. The van der Waals surface area contributed by atoms with Crippen molar-refractivity contribution in [3.63, 3.8) is 0 Å². The van der Waals surface area contributed by atoms with Crippen molar-refractivity contribution in [3.05, 3.63) is 64.2 Å². The van der Waals surface area contributed by atoms with E-state index in [0.29, 0.717) is 11.4 Å². The van der Waals surface area contributed by atoms with Crippen molar-refractivity contribution >= 4 is 28.9 Å². The van der Waals surface area contributed by atoms with Gasteiger partial charge < -0.3 is 9.64 Å². The fourth-order valence-corrected chi connectivity index (χ4v) is 2.48. The number of non-ortho nitro benzene ring substituents is 1. The summed E-state index contributed by atoms with van der Waals surface area (Å²) in [6, 6.07) is 14.2. The number of ether oxygens (including phenoxy) is 1. The monoisotopic (exact) mass is 382 g/mol. The number of benzene rings is 2. The van der Waals surface area contributed by atoms with Crippen LogP contribution in [0.3, 0.4) is 0 Å². The van der Waals surface area contributed by atoms with E-state index in [2.05, 4.69) is 0 Å². The van der Waals surface area contributed by atoms with Crippen LogP contribution in [0.1, 0.15) is 10.4 Å². The Balaban J connectivity index is 2.18. The molecule has 0 aliphatic heterocycles. The Kier molecular flexibility index (Phi) is 6.65. The maximum Gasteiger partial charge on any atom is 0.341 e. The van der Waals surface area contributed by atoms with E-state index in [1.807, 2.05) is 6.07 Å². The normalized spacial score (nSPS) is 9.89. The zero-order valence-electron chi connectivity index (χ0n) is 15.4. The van der Waals surface area contributed by atoms with E-state index in [4.69, 9.17) is 10.00 Å². The molecule has 2 aromatic carbocycles. The highest BCUT2D eigenvalue weighted by Gasteiger charge is 2.22. The van der Waals surface area contributed by atoms with Crippen LogP contribution in [0, 0.1) is 21.4 Å². The first kappa shape index (κ1) is 20.4. The Labute approximate surface area is 161 Å². The Morgan fingerprint density at radius 1 is 1.18 bits per heavy atom. The van der Waals surface area contributed by atoms with E-state index in [0.717, 1.165) is 6.07 Å². The fraction of sp³-hybridized carbons (Fsp3) is 0.211. The summed E-state index contributed by atoms with van der Waals surface area (Å²) in [7, 11) is 3.35. The number of nitriles is 1. The Morgan fingerprint density at radius 3 is 2.43 bits per heavy atom. The van der Waals surface area contributed by atoms with Crippen molar-refractivity contribution in [1.29, 1.82) is 5.26 Å². The van der Waals surface area contributed by atoms with Crippen LogP contribution in [0.4, 0.5) is 17.1 Å². The van der Waals surface area contributed by atoms with Gasteiger partial charge in [0.2, 0.25) is 0 Å². The van der Waals surface area contributed by atoms with E-state index in [1.165, 1.54) is 17.0 Å². The number of hydrogen-bond acceptors (Lipinski definition) is 7. The lowest BCUT2D eigenvalue weighted by molar-refractivity contribution is -0.384. The summed E-state index contributed by atoms with van der Waals surface area (Å²) in [6.07, 6.45) is 0. The van der Waals surface area contributed by atoms with Crippen molar-refractivity contribution in [2.24, 2.45) is 0 Å². The van der Waals surface area contributed by atoms with E-state index in [1.54, 1.807) is 49.3 Å². The smallest absolute Gasteiger partial charge is 0.341 e. The van der Waals surface area contributed by atoms with E-state index in [9.17, 15) is 19.7 Å². The van der Waals surface area contributed by atoms with Gasteiger partial charge in [0.25, 0.3) is 11.6 Å².